The van der Waals surface area contributed by atoms with Crippen LogP contribution in [0.3, 0.4) is 0 Å². The van der Waals surface area contributed by atoms with Crippen molar-refractivity contribution >= 4 is 11.7 Å². The lowest BCUT2D eigenvalue weighted by Crippen LogP contribution is -2.12. The predicted molar refractivity (Wildman–Crippen MR) is 55.7 cm³/mol. The third-order valence-electron chi connectivity index (χ3n) is 1.85. The van der Waals surface area contributed by atoms with Gasteiger partial charge in [-0.2, -0.15) is 0 Å². The van der Waals surface area contributed by atoms with E-state index in [1.54, 1.807) is 0 Å². The van der Waals surface area contributed by atoms with E-state index >= 15 is 0 Å². The molecule has 0 bridgehead atoms. The van der Waals surface area contributed by atoms with Gasteiger partial charge in [-0.3, -0.25) is 4.79 Å². The summed E-state index contributed by atoms with van der Waals surface area (Å²) in [6, 6.07) is 2.68. The van der Waals surface area contributed by atoms with Crippen LogP contribution < -0.4 is 11.1 Å². The van der Waals surface area contributed by atoms with Crippen LogP contribution in [0.15, 0.2) is 18.3 Å². The second-order valence-electron chi connectivity index (χ2n) is 3.16. The smallest absolute Gasteiger partial charge is 0.225 e. The molecular weight excluding hydrogens is 197 g/mol. The lowest BCUT2D eigenvalue weighted by Gasteiger charge is -2.03. The quantitative estimate of drug-likeness (QED) is 0.721. The number of anilines is 1. The lowest BCUT2D eigenvalue weighted by atomic mass is 10.2. The number of nitrogens with one attached hydrogen (secondary N) is 1. The van der Waals surface area contributed by atoms with Crippen molar-refractivity contribution < 1.29 is 9.18 Å². The fourth-order valence-electron chi connectivity index (χ4n) is 1.08. The zero-order valence-corrected chi connectivity index (χ0v) is 8.37. The van der Waals surface area contributed by atoms with E-state index in [1.165, 1.54) is 12.1 Å². The highest BCUT2D eigenvalue weighted by atomic mass is 19.1. The molecule has 0 unspecified atom stereocenters. The zero-order valence-electron chi connectivity index (χ0n) is 8.37. The predicted octanol–water partition coefficient (Wildman–Crippen LogP) is 1.29. The minimum atomic E-state index is -0.420. The Kier molecular flexibility index (Phi) is 4.70. The molecule has 0 aliphatic carbocycles. The molecule has 0 spiro atoms. The van der Waals surface area contributed by atoms with E-state index in [9.17, 15) is 9.18 Å². The molecule has 5 heteroatoms. The van der Waals surface area contributed by atoms with Crippen molar-refractivity contribution in [2.45, 2.75) is 19.3 Å². The number of unbranched alkanes of at least 4 members (excludes halogenated alkanes) is 1. The van der Waals surface area contributed by atoms with Crippen LogP contribution in [0.4, 0.5) is 10.2 Å². The summed E-state index contributed by atoms with van der Waals surface area (Å²) < 4.78 is 12.5. The number of rotatable bonds is 5. The molecule has 0 fully saturated rings. The van der Waals surface area contributed by atoms with Crippen molar-refractivity contribution in [3.05, 3.63) is 24.1 Å². The third-order valence-corrected chi connectivity index (χ3v) is 1.85. The fourth-order valence-corrected chi connectivity index (χ4v) is 1.08. The number of hydrogen-bond donors (Lipinski definition) is 2. The molecule has 0 saturated carbocycles. The molecule has 0 radical (unpaired) electrons. The van der Waals surface area contributed by atoms with Gasteiger partial charge in [-0.05, 0) is 31.5 Å². The maximum Gasteiger partial charge on any atom is 0.225 e. The standard InChI is InChI=1S/C10H14FN3O/c11-8-4-5-9(13-7-8)14-10(15)3-1-2-6-12/h4-5,7H,1-3,6,12H2,(H,13,14,15). The molecule has 0 saturated heterocycles. The van der Waals surface area contributed by atoms with Gasteiger partial charge in [0.05, 0.1) is 6.20 Å². The van der Waals surface area contributed by atoms with Crippen LogP contribution in [0.5, 0.6) is 0 Å². The molecule has 0 aliphatic heterocycles. The molecule has 1 heterocycles. The van der Waals surface area contributed by atoms with Crippen LogP contribution in [-0.2, 0) is 4.79 Å². The van der Waals surface area contributed by atoms with Crippen molar-refractivity contribution in [3.63, 3.8) is 0 Å². The number of pyridine rings is 1. The van der Waals surface area contributed by atoms with Crippen molar-refractivity contribution in [2.24, 2.45) is 5.73 Å². The number of nitrogens with two attached hydrogens (primary N) is 1. The van der Waals surface area contributed by atoms with Crippen molar-refractivity contribution in [1.82, 2.24) is 4.98 Å². The van der Waals surface area contributed by atoms with Crippen LogP contribution in [0, 0.1) is 5.82 Å². The van der Waals surface area contributed by atoms with Crippen LogP contribution >= 0.6 is 0 Å². The van der Waals surface area contributed by atoms with E-state index in [0.717, 1.165) is 19.0 Å². The molecular formula is C10H14FN3O. The van der Waals surface area contributed by atoms with Gasteiger partial charge >= 0.3 is 0 Å². The Balaban J connectivity index is 2.34. The molecule has 82 valence electrons. The zero-order chi connectivity index (χ0) is 11.1. The summed E-state index contributed by atoms with van der Waals surface area (Å²) in [5.41, 5.74) is 5.30. The van der Waals surface area contributed by atoms with Gasteiger partial charge in [0.1, 0.15) is 11.6 Å². The summed E-state index contributed by atoms with van der Waals surface area (Å²) in [4.78, 5) is 15.0. The summed E-state index contributed by atoms with van der Waals surface area (Å²) in [7, 11) is 0. The highest BCUT2D eigenvalue weighted by molar-refractivity contribution is 5.89. The van der Waals surface area contributed by atoms with Crippen LogP contribution in [0.1, 0.15) is 19.3 Å². The van der Waals surface area contributed by atoms with Gasteiger partial charge in [0, 0.05) is 6.42 Å². The first kappa shape index (κ1) is 11.6. The fraction of sp³-hybridized carbons (Fsp3) is 0.400. The van der Waals surface area contributed by atoms with E-state index < -0.39 is 5.82 Å². The average Bonchev–Trinajstić information content (AvgIpc) is 2.22. The largest absolute Gasteiger partial charge is 0.330 e. The highest BCUT2D eigenvalue weighted by Crippen LogP contribution is 2.04. The van der Waals surface area contributed by atoms with Crippen molar-refractivity contribution in [3.8, 4) is 0 Å². The lowest BCUT2D eigenvalue weighted by molar-refractivity contribution is -0.116. The highest BCUT2D eigenvalue weighted by Gasteiger charge is 2.02. The molecule has 4 nitrogen and oxygen atoms in total. The second kappa shape index (κ2) is 6.08. The molecule has 3 N–H and O–H groups in total. The van der Waals surface area contributed by atoms with Gasteiger partial charge in [-0.1, -0.05) is 0 Å². The molecule has 15 heavy (non-hydrogen) atoms. The summed E-state index contributed by atoms with van der Waals surface area (Å²) in [6.45, 7) is 0.585. The van der Waals surface area contributed by atoms with Crippen LogP contribution in [0.25, 0.3) is 0 Å². The number of amides is 1. The summed E-state index contributed by atoms with van der Waals surface area (Å²) >= 11 is 0. The summed E-state index contributed by atoms with van der Waals surface area (Å²) in [5, 5.41) is 2.57. The molecule has 1 aromatic rings. The number of carbonyl (C=O) groups is 1. The summed E-state index contributed by atoms with van der Waals surface area (Å²) in [6.07, 6.45) is 3.06. The van der Waals surface area contributed by atoms with Gasteiger partial charge in [0.15, 0.2) is 0 Å². The number of hydrogen-bond acceptors (Lipinski definition) is 3. The molecule has 0 atom stereocenters. The molecule has 1 rings (SSSR count). The maximum absolute atomic E-state index is 12.5. The number of halogens is 1. The first-order valence-corrected chi connectivity index (χ1v) is 4.84. The van der Waals surface area contributed by atoms with E-state index in [4.69, 9.17) is 5.73 Å². The Morgan fingerprint density at radius 2 is 2.27 bits per heavy atom. The van der Waals surface area contributed by atoms with Crippen LogP contribution in [-0.4, -0.2) is 17.4 Å². The van der Waals surface area contributed by atoms with Gasteiger partial charge in [0.25, 0.3) is 0 Å². The maximum atomic E-state index is 12.5. The monoisotopic (exact) mass is 211 g/mol. The Labute approximate surface area is 87.7 Å². The minimum absolute atomic E-state index is 0.123. The minimum Gasteiger partial charge on any atom is -0.330 e. The van der Waals surface area contributed by atoms with E-state index in [2.05, 4.69) is 10.3 Å². The molecule has 0 aromatic carbocycles. The first-order valence-electron chi connectivity index (χ1n) is 4.84. The second-order valence-corrected chi connectivity index (χ2v) is 3.16. The third kappa shape index (κ3) is 4.51. The average molecular weight is 211 g/mol. The van der Waals surface area contributed by atoms with E-state index in [-0.39, 0.29) is 5.91 Å². The Morgan fingerprint density at radius 3 is 2.87 bits per heavy atom. The first-order chi connectivity index (χ1) is 7.22. The van der Waals surface area contributed by atoms with Gasteiger partial charge in [-0.15, -0.1) is 0 Å². The number of nitrogens with zero attached hydrogens (tertiary/aromatic N) is 1. The Bertz CT molecular complexity index is 313. The van der Waals surface area contributed by atoms with Crippen molar-refractivity contribution in [2.75, 3.05) is 11.9 Å². The SMILES string of the molecule is NCCCCC(=O)Nc1ccc(F)cn1. The molecule has 1 aromatic heterocycles. The molecule has 1 amide bonds. The van der Waals surface area contributed by atoms with E-state index in [1.807, 2.05) is 0 Å². The number of carbonyl (C=O) groups excluding carboxylic acids is 1. The van der Waals surface area contributed by atoms with Gasteiger partial charge in [-0.25, -0.2) is 9.37 Å². The molecule has 0 aliphatic rings. The van der Waals surface area contributed by atoms with Gasteiger partial charge < -0.3 is 11.1 Å². The van der Waals surface area contributed by atoms with E-state index in [0.29, 0.717) is 18.8 Å². The Morgan fingerprint density at radius 1 is 1.47 bits per heavy atom. The Hall–Kier alpha value is -1.49. The normalized spacial score (nSPS) is 10.0. The summed E-state index contributed by atoms with van der Waals surface area (Å²) in [5.74, 6) is -0.173. The van der Waals surface area contributed by atoms with Gasteiger partial charge in [0.2, 0.25) is 5.91 Å². The number of aromatic nitrogens is 1. The van der Waals surface area contributed by atoms with Crippen LogP contribution in [0.2, 0.25) is 0 Å². The topological polar surface area (TPSA) is 68.0 Å². The van der Waals surface area contributed by atoms with Crippen molar-refractivity contribution in [1.29, 1.82) is 0 Å².